The van der Waals surface area contributed by atoms with Crippen LogP contribution in [0.4, 0.5) is 0 Å². The Balaban J connectivity index is 1.87. The van der Waals surface area contributed by atoms with Gasteiger partial charge in [0.25, 0.3) is 0 Å². The van der Waals surface area contributed by atoms with E-state index in [9.17, 15) is 0 Å². The number of methoxy groups -OCH3 is 1. The van der Waals surface area contributed by atoms with Crippen LogP contribution in [0.5, 0.6) is 5.75 Å². The van der Waals surface area contributed by atoms with E-state index in [1.807, 2.05) is 77.5 Å². The molecular formula is C22H17N2O. The fraction of sp³-hybridized carbons (Fsp3) is 0.0455. The van der Waals surface area contributed by atoms with Crippen LogP contribution in [-0.4, -0.2) is 16.9 Å². The summed E-state index contributed by atoms with van der Waals surface area (Å²) in [4.78, 5) is 0. The molecule has 3 aromatic carbocycles. The Hall–Kier alpha value is -3.33. The van der Waals surface area contributed by atoms with Gasteiger partial charge in [-0.3, -0.25) is 0 Å². The van der Waals surface area contributed by atoms with Crippen LogP contribution in [0.1, 0.15) is 0 Å². The van der Waals surface area contributed by atoms with E-state index < -0.39 is 0 Å². The monoisotopic (exact) mass is 325 g/mol. The van der Waals surface area contributed by atoms with Crippen LogP contribution in [-0.2, 0) is 0 Å². The molecule has 1 aromatic heterocycles. The molecular weight excluding hydrogens is 308 g/mol. The van der Waals surface area contributed by atoms with Crippen LogP contribution in [0.3, 0.4) is 0 Å². The van der Waals surface area contributed by atoms with Crippen LogP contribution in [0.2, 0.25) is 0 Å². The molecule has 0 spiro atoms. The molecule has 121 valence electrons. The van der Waals surface area contributed by atoms with Crippen molar-refractivity contribution in [3.8, 4) is 34.0 Å². The van der Waals surface area contributed by atoms with Crippen molar-refractivity contribution in [3.05, 3.63) is 91.0 Å². The molecule has 0 N–H and O–H groups in total. The predicted molar refractivity (Wildman–Crippen MR) is 99.8 cm³/mol. The van der Waals surface area contributed by atoms with Crippen LogP contribution in [0.25, 0.3) is 28.2 Å². The average Bonchev–Trinajstić information content (AvgIpc) is 3.15. The lowest BCUT2D eigenvalue weighted by Crippen LogP contribution is -1.99. The second kappa shape index (κ2) is 6.65. The quantitative estimate of drug-likeness (QED) is 0.527. The molecule has 0 bridgehead atoms. The summed E-state index contributed by atoms with van der Waals surface area (Å²) in [5.74, 6) is 0.824. The lowest BCUT2D eigenvalue weighted by atomic mass is 10.1. The number of ether oxygens (including phenoxy) is 1. The average molecular weight is 325 g/mol. The van der Waals surface area contributed by atoms with E-state index in [0.717, 1.165) is 34.0 Å². The minimum absolute atomic E-state index is 0.824. The second-order valence-corrected chi connectivity index (χ2v) is 5.66. The fourth-order valence-electron chi connectivity index (χ4n) is 2.77. The summed E-state index contributed by atoms with van der Waals surface area (Å²) in [5, 5.41) is 4.80. The van der Waals surface area contributed by atoms with Crippen molar-refractivity contribution in [1.82, 2.24) is 9.78 Å². The topological polar surface area (TPSA) is 27.1 Å². The van der Waals surface area contributed by atoms with Gasteiger partial charge in [-0.2, -0.15) is 5.10 Å². The summed E-state index contributed by atoms with van der Waals surface area (Å²) in [7, 11) is 1.67. The first-order valence-electron chi connectivity index (χ1n) is 8.13. The Labute approximate surface area is 147 Å². The van der Waals surface area contributed by atoms with Crippen molar-refractivity contribution in [2.45, 2.75) is 0 Å². The lowest BCUT2D eigenvalue weighted by molar-refractivity contribution is 0.414. The number of hydrogen-bond donors (Lipinski definition) is 0. The van der Waals surface area contributed by atoms with Crippen LogP contribution >= 0.6 is 0 Å². The van der Waals surface area contributed by atoms with Gasteiger partial charge in [-0.25, -0.2) is 4.68 Å². The first-order valence-corrected chi connectivity index (χ1v) is 8.13. The third-order valence-corrected chi connectivity index (χ3v) is 4.06. The molecule has 0 saturated carbocycles. The summed E-state index contributed by atoms with van der Waals surface area (Å²) in [5.41, 5.74) is 4.86. The van der Waals surface area contributed by atoms with Gasteiger partial charge in [-0.1, -0.05) is 60.7 Å². The van der Waals surface area contributed by atoms with Gasteiger partial charge >= 0.3 is 0 Å². The maximum Gasteiger partial charge on any atom is 0.119 e. The second-order valence-electron chi connectivity index (χ2n) is 5.66. The van der Waals surface area contributed by atoms with E-state index in [1.54, 1.807) is 7.11 Å². The highest BCUT2D eigenvalue weighted by Gasteiger charge is 2.13. The molecule has 0 atom stereocenters. The molecule has 1 heterocycles. The SMILES string of the molecule is COc1ccc(-n2nc(-c3ccccc3)[c]c2-c2ccccc2)cc1. The van der Waals surface area contributed by atoms with E-state index in [2.05, 4.69) is 18.2 Å². The molecule has 0 aliphatic carbocycles. The Morgan fingerprint density at radius 2 is 1.36 bits per heavy atom. The standard InChI is InChI=1S/C22H17N2O/c1-25-20-14-12-19(13-15-20)24-22(18-10-6-3-7-11-18)16-21(23-24)17-8-4-2-5-9-17/h2-15H,1H3. The van der Waals surface area contributed by atoms with E-state index in [0.29, 0.717) is 0 Å². The van der Waals surface area contributed by atoms with Gasteiger partial charge in [0, 0.05) is 17.2 Å². The molecule has 0 saturated heterocycles. The van der Waals surface area contributed by atoms with Crippen LogP contribution < -0.4 is 4.74 Å². The predicted octanol–water partition coefficient (Wildman–Crippen LogP) is 5.02. The summed E-state index contributed by atoms with van der Waals surface area (Å²) in [6.07, 6.45) is 0. The molecule has 1 radical (unpaired) electrons. The highest BCUT2D eigenvalue weighted by Crippen LogP contribution is 2.28. The molecule has 0 unspecified atom stereocenters. The Morgan fingerprint density at radius 1 is 0.760 bits per heavy atom. The van der Waals surface area contributed by atoms with E-state index >= 15 is 0 Å². The third-order valence-electron chi connectivity index (χ3n) is 4.06. The summed E-state index contributed by atoms with van der Waals surface area (Å²) in [6.45, 7) is 0. The molecule has 3 nitrogen and oxygen atoms in total. The van der Waals surface area contributed by atoms with Crippen LogP contribution in [0, 0.1) is 6.07 Å². The minimum atomic E-state index is 0.824. The zero-order valence-corrected chi connectivity index (χ0v) is 13.9. The number of benzene rings is 3. The summed E-state index contributed by atoms with van der Waals surface area (Å²) in [6, 6.07) is 31.7. The molecule has 4 rings (SSSR count). The molecule has 0 aliphatic rings. The van der Waals surface area contributed by atoms with Crippen molar-refractivity contribution in [1.29, 1.82) is 0 Å². The van der Waals surface area contributed by atoms with E-state index in [-0.39, 0.29) is 0 Å². The maximum atomic E-state index is 5.26. The van der Waals surface area contributed by atoms with Gasteiger partial charge in [0.1, 0.15) is 11.4 Å². The van der Waals surface area contributed by atoms with Gasteiger partial charge < -0.3 is 4.74 Å². The van der Waals surface area contributed by atoms with Crippen molar-refractivity contribution in [2.24, 2.45) is 0 Å². The summed E-state index contributed by atoms with van der Waals surface area (Å²) >= 11 is 0. The number of aromatic nitrogens is 2. The van der Waals surface area contributed by atoms with Crippen molar-refractivity contribution in [3.63, 3.8) is 0 Å². The highest BCUT2D eigenvalue weighted by atomic mass is 16.5. The third kappa shape index (κ3) is 3.04. The van der Waals surface area contributed by atoms with Gasteiger partial charge in [0.2, 0.25) is 0 Å². The van der Waals surface area contributed by atoms with E-state index in [1.165, 1.54) is 0 Å². The van der Waals surface area contributed by atoms with E-state index in [4.69, 9.17) is 9.84 Å². The smallest absolute Gasteiger partial charge is 0.119 e. The Bertz CT molecular complexity index is 958. The van der Waals surface area contributed by atoms with Crippen LogP contribution in [0.15, 0.2) is 84.9 Å². The van der Waals surface area contributed by atoms with Gasteiger partial charge in [0.05, 0.1) is 18.5 Å². The van der Waals surface area contributed by atoms with Crippen molar-refractivity contribution >= 4 is 0 Å². The zero-order chi connectivity index (χ0) is 17.1. The summed E-state index contributed by atoms with van der Waals surface area (Å²) < 4.78 is 7.18. The Morgan fingerprint density at radius 3 is 1.96 bits per heavy atom. The number of rotatable bonds is 4. The lowest BCUT2D eigenvalue weighted by Gasteiger charge is -2.08. The minimum Gasteiger partial charge on any atom is -0.497 e. The van der Waals surface area contributed by atoms with Crippen molar-refractivity contribution in [2.75, 3.05) is 7.11 Å². The first kappa shape index (κ1) is 15.2. The highest BCUT2D eigenvalue weighted by molar-refractivity contribution is 5.69. The number of nitrogens with zero attached hydrogens (tertiary/aromatic N) is 2. The maximum absolute atomic E-state index is 5.26. The molecule has 3 heteroatoms. The Kier molecular flexibility index (Phi) is 4.05. The normalized spacial score (nSPS) is 10.6. The first-order chi connectivity index (χ1) is 12.3. The molecule has 25 heavy (non-hydrogen) atoms. The van der Waals surface area contributed by atoms with Gasteiger partial charge in [0.15, 0.2) is 0 Å². The number of hydrogen-bond acceptors (Lipinski definition) is 2. The molecule has 0 fully saturated rings. The zero-order valence-electron chi connectivity index (χ0n) is 13.9. The fourth-order valence-corrected chi connectivity index (χ4v) is 2.77. The molecule has 4 aromatic rings. The molecule has 0 amide bonds. The largest absolute Gasteiger partial charge is 0.497 e. The van der Waals surface area contributed by atoms with Crippen molar-refractivity contribution < 1.29 is 4.74 Å². The molecule has 0 aliphatic heterocycles. The van der Waals surface area contributed by atoms with Gasteiger partial charge in [-0.15, -0.1) is 0 Å². The van der Waals surface area contributed by atoms with Gasteiger partial charge in [-0.05, 0) is 24.3 Å².